The summed E-state index contributed by atoms with van der Waals surface area (Å²) >= 11 is 0. The van der Waals surface area contributed by atoms with Gasteiger partial charge in [-0.15, -0.1) is 10.2 Å². The number of azo groups is 1. The predicted molar refractivity (Wildman–Crippen MR) is 89.8 cm³/mol. The Morgan fingerprint density at radius 3 is 2.81 bits per heavy atom. The van der Waals surface area contributed by atoms with Gasteiger partial charge in [-0.1, -0.05) is 24.3 Å². The molecule has 124 valence electrons. The van der Waals surface area contributed by atoms with E-state index >= 15 is 0 Å². The summed E-state index contributed by atoms with van der Waals surface area (Å²) in [5.41, 5.74) is 2.39. The summed E-state index contributed by atoms with van der Waals surface area (Å²) in [5, 5.41) is 15.8. The van der Waals surface area contributed by atoms with E-state index in [2.05, 4.69) is 40.5 Å². The van der Waals surface area contributed by atoms with Crippen LogP contribution in [0.1, 0.15) is 10.5 Å². The second-order valence-electron chi connectivity index (χ2n) is 5.37. The Labute approximate surface area is 144 Å². The van der Waals surface area contributed by atoms with Crippen molar-refractivity contribution in [2.24, 2.45) is 10.2 Å². The van der Waals surface area contributed by atoms with E-state index in [4.69, 9.17) is 4.63 Å². The Balaban J connectivity index is 1.72. The summed E-state index contributed by atoms with van der Waals surface area (Å²) in [6, 6.07) is 7.51. The summed E-state index contributed by atoms with van der Waals surface area (Å²) < 4.78 is 4.79. The first-order valence-corrected chi connectivity index (χ1v) is 7.55. The Morgan fingerprint density at radius 1 is 1.08 bits per heavy atom. The minimum absolute atomic E-state index is 0.109. The van der Waals surface area contributed by atoms with Crippen LogP contribution in [0.4, 0.5) is 5.69 Å². The first kappa shape index (κ1) is 14.3. The quantitative estimate of drug-likeness (QED) is 0.486. The molecule has 0 saturated heterocycles. The van der Waals surface area contributed by atoms with E-state index in [1.54, 1.807) is 0 Å². The topological polar surface area (TPSA) is 135 Å². The molecular weight excluding hydrogens is 336 g/mol. The molecule has 1 amide bonds. The molecule has 3 aromatic heterocycles. The molecule has 10 nitrogen and oxygen atoms in total. The van der Waals surface area contributed by atoms with Crippen molar-refractivity contribution in [2.45, 2.75) is 0 Å². The van der Waals surface area contributed by atoms with E-state index in [9.17, 15) is 4.79 Å². The zero-order valence-corrected chi connectivity index (χ0v) is 13.0. The van der Waals surface area contributed by atoms with Crippen LogP contribution < -0.4 is 0 Å². The van der Waals surface area contributed by atoms with Gasteiger partial charge in [0.1, 0.15) is 22.4 Å². The highest BCUT2D eigenvalue weighted by Gasteiger charge is 2.17. The maximum absolute atomic E-state index is 12.2. The lowest BCUT2D eigenvalue weighted by Gasteiger charge is -1.93. The van der Waals surface area contributed by atoms with Crippen LogP contribution in [0.25, 0.3) is 33.1 Å². The number of hydrogen-bond donors (Lipinski definition) is 1. The van der Waals surface area contributed by atoms with Gasteiger partial charge in [0, 0.05) is 23.2 Å². The van der Waals surface area contributed by atoms with Crippen LogP contribution in [-0.2, 0) is 0 Å². The number of amides is 1. The molecule has 0 atom stereocenters. The minimum Gasteiger partial charge on any atom is -0.267 e. The van der Waals surface area contributed by atoms with E-state index in [0.717, 1.165) is 10.8 Å². The number of carbonyl (C=O) groups is 1. The fraction of sp³-hybridized carbons (Fsp3) is 0. The van der Waals surface area contributed by atoms with E-state index in [0.29, 0.717) is 28.0 Å². The Morgan fingerprint density at radius 2 is 1.96 bits per heavy atom. The molecule has 0 spiro atoms. The van der Waals surface area contributed by atoms with Crippen LogP contribution in [0, 0.1) is 0 Å². The van der Waals surface area contributed by atoms with Crippen molar-refractivity contribution < 1.29 is 9.42 Å². The van der Waals surface area contributed by atoms with E-state index < -0.39 is 5.91 Å². The molecule has 0 aliphatic rings. The van der Waals surface area contributed by atoms with Gasteiger partial charge in [-0.2, -0.15) is 5.16 Å². The minimum atomic E-state index is -0.595. The molecule has 3 heterocycles. The third-order valence-corrected chi connectivity index (χ3v) is 3.84. The largest absolute Gasteiger partial charge is 0.315 e. The third-order valence-electron chi connectivity index (χ3n) is 3.84. The number of fused-ring (bicyclic) bond motifs is 4. The standard InChI is InChI=1S/C16H8N8O2/c25-16(10-7-17-5-6-18-10)22-21-12-9-4-2-1-3-8(9)11-13(12)20-15-14(19-11)23-26-24-15/h1-7H,(H,20,24). The van der Waals surface area contributed by atoms with Gasteiger partial charge in [0.05, 0.1) is 6.20 Å². The smallest absolute Gasteiger partial charge is 0.267 e. The highest BCUT2D eigenvalue weighted by molar-refractivity contribution is 6.18. The number of H-pyrrole nitrogens is 1. The van der Waals surface area contributed by atoms with Crippen molar-refractivity contribution in [3.05, 3.63) is 48.5 Å². The van der Waals surface area contributed by atoms with Gasteiger partial charge < -0.3 is 0 Å². The monoisotopic (exact) mass is 344 g/mol. The SMILES string of the molecule is O=C(N=Nc1c2ccccc2c2nc3no[nH]c3nc12)c1cnccn1. The van der Waals surface area contributed by atoms with Crippen LogP contribution in [0.2, 0.25) is 0 Å². The van der Waals surface area contributed by atoms with Crippen molar-refractivity contribution in [1.29, 1.82) is 0 Å². The molecular formula is C16H8N8O2. The molecule has 1 N–H and O–H groups in total. The molecule has 0 unspecified atom stereocenters. The molecule has 10 heteroatoms. The van der Waals surface area contributed by atoms with E-state index in [-0.39, 0.29) is 5.69 Å². The predicted octanol–water partition coefficient (Wildman–Crippen LogP) is 2.97. The Bertz CT molecular complexity index is 1310. The fourth-order valence-corrected chi connectivity index (χ4v) is 2.70. The van der Waals surface area contributed by atoms with Crippen molar-refractivity contribution >= 4 is 44.7 Å². The molecule has 0 radical (unpaired) electrons. The van der Waals surface area contributed by atoms with Crippen molar-refractivity contribution in [3.63, 3.8) is 0 Å². The number of benzene rings is 1. The Hall–Kier alpha value is -4.08. The van der Waals surface area contributed by atoms with Gasteiger partial charge in [-0.05, 0) is 5.16 Å². The van der Waals surface area contributed by atoms with Crippen LogP contribution in [0.5, 0.6) is 0 Å². The maximum atomic E-state index is 12.2. The average Bonchev–Trinajstić information content (AvgIpc) is 3.27. The third kappa shape index (κ3) is 2.13. The lowest BCUT2D eigenvalue weighted by atomic mass is 10.2. The van der Waals surface area contributed by atoms with Gasteiger partial charge in [-0.25, -0.2) is 15.0 Å². The lowest BCUT2D eigenvalue weighted by Crippen LogP contribution is -1.97. The second kappa shape index (κ2) is 5.48. The van der Waals surface area contributed by atoms with Crippen LogP contribution in [0.3, 0.4) is 0 Å². The van der Waals surface area contributed by atoms with Crippen molar-refractivity contribution in [2.75, 3.05) is 0 Å². The fourth-order valence-electron chi connectivity index (χ4n) is 2.70. The first-order valence-electron chi connectivity index (χ1n) is 7.55. The highest BCUT2D eigenvalue weighted by atomic mass is 16.6. The van der Waals surface area contributed by atoms with Gasteiger partial charge in [-0.3, -0.25) is 14.4 Å². The van der Waals surface area contributed by atoms with Crippen LogP contribution >= 0.6 is 0 Å². The number of rotatable bonds is 2. The van der Waals surface area contributed by atoms with Crippen LogP contribution in [-0.4, -0.2) is 36.2 Å². The van der Waals surface area contributed by atoms with E-state index in [1.807, 2.05) is 24.3 Å². The molecule has 2 aromatic carbocycles. The first-order chi connectivity index (χ1) is 12.8. The van der Waals surface area contributed by atoms with Gasteiger partial charge >= 0.3 is 5.91 Å². The normalized spacial score (nSPS) is 11.8. The van der Waals surface area contributed by atoms with E-state index in [1.165, 1.54) is 18.6 Å². The Kier molecular flexibility index (Phi) is 3.01. The summed E-state index contributed by atoms with van der Waals surface area (Å²) in [6.45, 7) is 0. The van der Waals surface area contributed by atoms with Crippen molar-refractivity contribution in [3.8, 4) is 0 Å². The summed E-state index contributed by atoms with van der Waals surface area (Å²) in [7, 11) is 0. The zero-order chi connectivity index (χ0) is 17.5. The average molecular weight is 344 g/mol. The summed E-state index contributed by atoms with van der Waals surface area (Å²) in [4.78, 5) is 28.8. The summed E-state index contributed by atoms with van der Waals surface area (Å²) in [6.07, 6.45) is 4.22. The van der Waals surface area contributed by atoms with Crippen molar-refractivity contribution in [1.82, 2.24) is 30.2 Å². The highest BCUT2D eigenvalue weighted by Crippen LogP contribution is 2.38. The van der Waals surface area contributed by atoms with Gasteiger partial charge in [0.25, 0.3) is 0 Å². The molecule has 5 rings (SSSR count). The second-order valence-corrected chi connectivity index (χ2v) is 5.37. The number of aromatic nitrogens is 6. The van der Waals surface area contributed by atoms with Gasteiger partial charge in [0.15, 0.2) is 0 Å². The number of hydrogen-bond acceptors (Lipinski definition) is 8. The number of nitrogens with zero attached hydrogens (tertiary/aromatic N) is 7. The maximum Gasteiger partial charge on any atom is 0.315 e. The van der Waals surface area contributed by atoms with Crippen LogP contribution in [0.15, 0.2) is 57.7 Å². The number of carbonyl (C=O) groups excluding carboxylic acids is 1. The molecule has 0 aliphatic heterocycles. The molecule has 26 heavy (non-hydrogen) atoms. The number of nitrogens with one attached hydrogen (secondary N) is 1. The molecule has 0 aliphatic carbocycles. The van der Waals surface area contributed by atoms with Gasteiger partial charge in [0.2, 0.25) is 11.3 Å². The molecule has 0 bridgehead atoms. The zero-order valence-electron chi connectivity index (χ0n) is 13.0. The number of aromatic amines is 1. The summed E-state index contributed by atoms with van der Waals surface area (Å²) in [5.74, 6) is -0.595. The molecule has 5 aromatic rings. The molecule has 0 fully saturated rings. The molecule has 0 saturated carbocycles. The lowest BCUT2D eigenvalue weighted by molar-refractivity contribution is 0.0990.